The Labute approximate surface area is 346 Å². The van der Waals surface area contributed by atoms with Gasteiger partial charge in [-0.15, -0.1) is 0 Å². The third kappa shape index (κ3) is 22.1. The van der Waals surface area contributed by atoms with E-state index in [0.717, 1.165) is 83.0 Å². The molecule has 4 bridgehead atoms. The number of allylic oxidation sites excluding steroid dienone is 7. The van der Waals surface area contributed by atoms with Crippen molar-refractivity contribution in [1.82, 2.24) is 21.3 Å². The summed E-state index contributed by atoms with van der Waals surface area (Å²) in [6.45, 7) is 11.2. The maximum absolute atomic E-state index is 5.29. The summed E-state index contributed by atoms with van der Waals surface area (Å²) in [5.41, 5.74) is 0. The summed E-state index contributed by atoms with van der Waals surface area (Å²) in [5.74, 6) is 3.31. The number of rotatable bonds is 0. The Bertz CT molecular complexity index is 1020. The van der Waals surface area contributed by atoms with Crippen LogP contribution >= 0.6 is 0 Å². The minimum Gasteiger partial charge on any atom is -0.502 e. The van der Waals surface area contributed by atoms with Crippen molar-refractivity contribution in [3.63, 3.8) is 0 Å². The first-order valence-corrected chi connectivity index (χ1v) is 23.2. The molecule has 322 valence electrons. The molecular formula is C48H80N4O5. The maximum atomic E-state index is 5.29. The van der Waals surface area contributed by atoms with E-state index in [9.17, 15) is 0 Å². The van der Waals surface area contributed by atoms with E-state index in [1.54, 1.807) is 12.5 Å². The van der Waals surface area contributed by atoms with Gasteiger partial charge in [-0.05, 0) is 165 Å². The molecule has 6 saturated heterocycles. The van der Waals surface area contributed by atoms with Crippen molar-refractivity contribution in [3.8, 4) is 0 Å². The van der Waals surface area contributed by atoms with Gasteiger partial charge in [0, 0.05) is 30.7 Å². The summed E-state index contributed by atoms with van der Waals surface area (Å²) >= 11 is 0. The molecule has 0 aromatic heterocycles. The Hall–Kier alpha value is -2.24. The van der Waals surface area contributed by atoms with E-state index in [1.165, 1.54) is 122 Å². The molecule has 13 rings (SSSR count). The molecule has 9 heteroatoms. The Kier molecular flexibility index (Phi) is 24.0. The zero-order valence-corrected chi connectivity index (χ0v) is 35.4. The van der Waals surface area contributed by atoms with Crippen LogP contribution in [0.2, 0.25) is 0 Å². The highest BCUT2D eigenvalue weighted by atomic mass is 16.5. The first kappa shape index (κ1) is 45.8. The molecule has 57 heavy (non-hydrogen) atoms. The van der Waals surface area contributed by atoms with Crippen molar-refractivity contribution in [2.75, 3.05) is 72.4 Å². The van der Waals surface area contributed by atoms with E-state index in [0.29, 0.717) is 24.2 Å². The second-order valence-electron chi connectivity index (χ2n) is 17.1. The molecule has 9 aliphatic heterocycles. The molecule has 0 aromatic rings. The van der Waals surface area contributed by atoms with E-state index in [-0.39, 0.29) is 0 Å². The standard InChI is InChI=1S/C6H11NO.2C6H10.C5H9NO.2C5H9N.2C5H8O.C5H6O/c1-2-6-4-8-3-5(1)7-6;2*1-2-4-6-5-3-1;1-4-3-7-5(1)2-6-4;1-4-2-6-3-5(1)4;1-2-6-5-3-4(1)5;3*1-2-4-6-5-3-1/h5-7H,1-4H2;2*1-2H,3-6H2;4-6H,1-3H2;2*4-6H,1-3H2;2,4H,1,3,5H2;1-2H,3-5H2;1-4H,5H2/t;;;4-,5-;2*4-,5+;;;/m...0.0.../s1. The SMILES string of the molecule is C1=CCCCC1.C1=CCCCC1.C1=CCOC=C1.C1=CCOCC1.C1=COCCC1.C1CC2COCC1N2.C1C[C@H]2C[C@H]2N1.C1NC[C@H]2C[C@@H]12.C1O[C@@H]2CN[C@H]1C2. The Morgan fingerprint density at radius 2 is 1.19 bits per heavy atom. The van der Waals surface area contributed by atoms with Gasteiger partial charge in [0.05, 0.1) is 58.3 Å². The van der Waals surface area contributed by atoms with Gasteiger partial charge < -0.3 is 45.0 Å². The van der Waals surface area contributed by atoms with Gasteiger partial charge in [-0.3, -0.25) is 0 Å². The molecule has 4 N–H and O–H groups in total. The van der Waals surface area contributed by atoms with Crippen LogP contribution in [0.5, 0.6) is 0 Å². The van der Waals surface area contributed by atoms with E-state index in [2.05, 4.69) is 51.6 Å². The number of morpholine rings is 2. The lowest BCUT2D eigenvalue weighted by Gasteiger charge is -2.20. The fourth-order valence-electron chi connectivity index (χ4n) is 8.18. The quantitative estimate of drug-likeness (QED) is 0.182. The lowest BCUT2D eigenvalue weighted by Crippen LogP contribution is -2.41. The van der Waals surface area contributed by atoms with E-state index in [1.807, 2.05) is 30.4 Å². The monoisotopic (exact) mass is 793 g/mol. The van der Waals surface area contributed by atoms with Gasteiger partial charge in [0.1, 0.15) is 6.61 Å². The molecule has 4 aliphatic carbocycles. The number of fused-ring (bicyclic) bond motifs is 6. The zero-order valence-electron chi connectivity index (χ0n) is 35.4. The van der Waals surface area contributed by atoms with Gasteiger partial charge in [-0.25, -0.2) is 0 Å². The maximum Gasteiger partial charge on any atom is 0.106 e. The normalized spacial score (nSPS) is 33.8. The Morgan fingerprint density at radius 3 is 1.39 bits per heavy atom. The van der Waals surface area contributed by atoms with Crippen LogP contribution in [0.1, 0.15) is 109 Å². The summed E-state index contributed by atoms with van der Waals surface area (Å²) in [5, 5.41) is 13.5. The molecular weight excluding hydrogens is 713 g/mol. The van der Waals surface area contributed by atoms with Crippen molar-refractivity contribution in [1.29, 1.82) is 0 Å². The molecule has 2 saturated carbocycles. The van der Waals surface area contributed by atoms with E-state index < -0.39 is 0 Å². The number of hydrogen-bond acceptors (Lipinski definition) is 9. The summed E-state index contributed by atoms with van der Waals surface area (Å²) < 4.78 is 25.3. The highest BCUT2D eigenvalue weighted by Gasteiger charge is 2.41. The van der Waals surface area contributed by atoms with Crippen LogP contribution < -0.4 is 21.3 Å². The average molecular weight is 793 g/mol. The van der Waals surface area contributed by atoms with Crippen molar-refractivity contribution in [3.05, 3.63) is 73.3 Å². The summed E-state index contributed by atoms with van der Waals surface area (Å²) in [4.78, 5) is 0. The van der Waals surface area contributed by atoms with Crippen LogP contribution in [0.4, 0.5) is 0 Å². The Balaban J connectivity index is 0.000000123. The van der Waals surface area contributed by atoms with Gasteiger partial charge >= 0.3 is 0 Å². The molecule has 8 atom stereocenters. The predicted molar refractivity (Wildman–Crippen MR) is 234 cm³/mol. The van der Waals surface area contributed by atoms with E-state index >= 15 is 0 Å². The molecule has 13 aliphatic rings. The van der Waals surface area contributed by atoms with Crippen molar-refractivity contribution in [2.45, 2.75) is 139 Å². The van der Waals surface area contributed by atoms with E-state index in [4.69, 9.17) is 23.7 Å². The van der Waals surface area contributed by atoms with Crippen LogP contribution in [-0.2, 0) is 23.7 Å². The zero-order chi connectivity index (χ0) is 39.3. The largest absolute Gasteiger partial charge is 0.502 e. The second kappa shape index (κ2) is 29.9. The molecule has 2 unspecified atom stereocenters. The van der Waals surface area contributed by atoms with Gasteiger partial charge in [0.25, 0.3) is 0 Å². The fraction of sp³-hybridized carbons (Fsp3) is 0.750. The molecule has 9 heterocycles. The molecule has 0 spiro atoms. The van der Waals surface area contributed by atoms with Crippen LogP contribution in [0.3, 0.4) is 0 Å². The van der Waals surface area contributed by atoms with Crippen LogP contribution in [0.15, 0.2) is 73.3 Å². The smallest absolute Gasteiger partial charge is 0.106 e. The lowest BCUT2D eigenvalue weighted by atomic mass is 10.1. The average Bonchev–Trinajstić information content (AvgIpc) is 3.74. The predicted octanol–water partition coefficient (Wildman–Crippen LogP) is 8.07. The van der Waals surface area contributed by atoms with Gasteiger partial charge in [-0.1, -0.05) is 42.5 Å². The van der Waals surface area contributed by atoms with Crippen LogP contribution in [0, 0.1) is 17.8 Å². The topological polar surface area (TPSA) is 94.3 Å². The summed E-state index contributed by atoms with van der Waals surface area (Å²) in [7, 11) is 0. The summed E-state index contributed by atoms with van der Waals surface area (Å²) in [6, 6.07) is 3.04. The van der Waals surface area contributed by atoms with Crippen LogP contribution in [0.25, 0.3) is 0 Å². The third-order valence-corrected chi connectivity index (χ3v) is 12.0. The molecule has 0 aromatic carbocycles. The molecule has 0 radical (unpaired) electrons. The minimum atomic E-state index is 0.560. The molecule has 8 fully saturated rings. The highest BCUT2D eigenvalue weighted by molar-refractivity contribution is 5.03. The molecule has 9 nitrogen and oxygen atoms in total. The number of nitrogens with one attached hydrogen (secondary N) is 4. The third-order valence-electron chi connectivity index (χ3n) is 12.0. The molecule has 0 amide bonds. The lowest BCUT2D eigenvalue weighted by molar-refractivity contribution is 0.0728. The van der Waals surface area contributed by atoms with Gasteiger partial charge in [-0.2, -0.15) is 0 Å². The van der Waals surface area contributed by atoms with Crippen LogP contribution in [-0.4, -0.2) is 103 Å². The fourth-order valence-corrected chi connectivity index (χ4v) is 8.18. The number of piperidine rings is 2. The van der Waals surface area contributed by atoms with Crippen molar-refractivity contribution < 1.29 is 23.7 Å². The highest BCUT2D eigenvalue weighted by Crippen LogP contribution is 2.40. The van der Waals surface area contributed by atoms with Crippen molar-refractivity contribution in [2.24, 2.45) is 17.8 Å². The first-order chi connectivity index (χ1) is 28.3. The minimum absolute atomic E-state index is 0.560. The number of ether oxygens (including phenoxy) is 5. The first-order valence-electron chi connectivity index (χ1n) is 23.2. The van der Waals surface area contributed by atoms with Crippen molar-refractivity contribution >= 4 is 0 Å². The Morgan fingerprint density at radius 1 is 0.474 bits per heavy atom. The number of hydrogen-bond donors (Lipinski definition) is 4. The summed E-state index contributed by atoms with van der Waals surface area (Å²) in [6.07, 6.45) is 47.8. The van der Waals surface area contributed by atoms with Gasteiger partial charge in [0.2, 0.25) is 0 Å². The second-order valence-corrected chi connectivity index (χ2v) is 17.1. The van der Waals surface area contributed by atoms with Gasteiger partial charge in [0.15, 0.2) is 0 Å².